The molecule has 1 aromatic heterocycles. The van der Waals surface area contributed by atoms with Crippen LogP contribution in [0.2, 0.25) is 0 Å². The highest BCUT2D eigenvalue weighted by Gasteiger charge is 1.98. The van der Waals surface area contributed by atoms with Crippen LogP contribution in [-0.2, 0) is 0 Å². The van der Waals surface area contributed by atoms with E-state index in [1.165, 1.54) is 0 Å². The summed E-state index contributed by atoms with van der Waals surface area (Å²) >= 11 is 0. The van der Waals surface area contributed by atoms with Crippen molar-refractivity contribution in [2.45, 2.75) is 0 Å². The predicted octanol–water partition coefficient (Wildman–Crippen LogP) is 1.56. The maximum absolute atomic E-state index is 5.59. The maximum Gasteiger partial charge on any atom is 0.226 e. The van der Waals surface area contributed by atoms with Gasteiger partial charge in [0, 0.05) is 18.0 Å². The fraction of sp³-hybridized carbons (Fsp3) is 0.231. The first-order valence-corrected chi connectivity index (χ1v) is 5.87. The number of benzene rings is 1. The van der Waals surface area contributed by atoms with Crippen molar-refractivity contribution in [2.24, 2.45) is 0 Å². The summed E-state index contributed by atoms with van der Waals surface area (Å²) in [7, 11) is 1.57. The summed E-state index contributed by atoms with van der Waals surface area (Å²) in [5, 5.41) is 3.05. The number of rotatable bonds is 6. The Morgan fingerprint density at radius 3 is 2.74 bits per heavy atom. The first kappa shape index (κ1) is 12.9. The molecule has 0 aliphatic rings. The Morgan fingerprint density at radius 2 is 2.00 bits per heavy atom. The smallest absolute Gasteiger partial charge is 0.226 e. The molecule has 1 aromatic carbocycles. The lowest BCUT2D eigenvalue weighted by Gasteiger charge is -2.08. The van der Waals surface area contributed by atoms with Crippen LogP contribution in [0.3, 0.4) is 0 Å². The minimum atomic E-state index is 0.504. The number of nitrogens with two attached hydrogens (primary N) is 1. The average Bonchev–Trinajstić information content (AvgIpc) is 2.46. The highest BCUT2D eigenvalue weighted by atomic mass is 16.5. The molecule has 0 saturated carbocycles. The van der Waals surface area contributed by atoms with Crippen molar-refractivity contribution < 1.29 is 9.47 Å². The first-order chi connectivity index (χ1) is 9.28. The third-order valence-corrected chi connectivity index (χ3v) is 2.37. The molecule has 1 heterocycles. The van der Waals surface area contributed by atoms with Gasteiger partial charge in [0.1, 0.15) is 12.4 Å². The van der Waals surface area contributed by atoms with E-state index >= 15 is 0 Å². The summed E-state index contributed by atoms with van der Waals surface area (Å²) < 4.78 is 10.5. The van der Waals surface area contributed by atoms with Gasteiger partial charge in [-0.3, -0.25) is 0 Å². The third-order valence-electron chi connectivity index (χ3n) is 2.37. The van der Waals surface area contributed by atoms with E-state index in [1.54, 1.807) is 31.5 Å². The van der Waals surface area contributed by atoms with Gasteiger partial charge in [-0.05, 0) is 24.3 Å². The standard InChI is InChI=1S/C13H16N4O2/c1-18-12-6-7-15-13(17-12)16-8-9-19-11-4-2-10(14)3-5-11/h2-7H,8-9,14H2,1H3,(H,15,16,17). The van der Waals surface area contributed by atoms with Crippen LogP contribution in [0.15, 0.2) is 36.5 Å². The fourth-order valence-corrected chi connectivity index (χ4v) is 1.44. The van der Waals surface area contributed by atoms with E-state index in [0.717, 1.165) is 11.4 Å². The Morgan fingerprint density at radius 1 is 1.21 bits per heavy atom. The third kappa shape index (κ3) is 4.02. The zero-order chi connectivity index (χ0) is 13.5. The topological polar surface area (TPSA) is 82.3 Å². The van der Waals surface area contributed by atoms with Gasteiger partial charge in [0.25, 0.3) is 0 Å². The molecule has 19 heavy (non-hydrogen) atoms. The van der Waals surface area contributed by atoms with Gasteiger partial charge in [-0.15, -0.1) is 0 Å². The van der Waals surface area contributed by atoms with Crippen LogP contribution in [0.5, 0.6) is 11.6 Å². The normalized spacial score (nSPS) is 9.95. The van der Waals surface area contributed by atoms with Gasteiger partial charge in [0.05, 0.1) is 13.7 Å². The van der Waals surface area contributed by atoms with E-state index in [9.17, 15) is 0 Å². The molecule has 0 saturated heterocycles. The molecule has 3 N–H and O–H groups in total. The number of methoxy groups -OCH3 is 1. The number of nitrogens with one attached hydrogen (secondary N) is 1. The van der Waals surface area contributed by atoms with E-state index in [1.807, 2.05) is 12.1 Å². The highest BCUT2D eigenvalue weighted by Crippen LogP contribution is 2.12. The molecule has 0 spiro atoms. The molecule has 0 aliphatic heterocycles. The second kappa shape index (κ2) is 6.44. The largest absolute Gasteiger partial charge is 0.492 e. The van der Waals surface area contributed by atoms with Crippen LogP contribution < -0.4 is 20.5 Å². The van der Waals surface area contributed by atoms with Crippen molar-refractivity contribution in [2.75, 3.05) is 31.3 Å². The second-order valence-corrected chi connectivity index (χ2v) is 3.77. The Kier molecular flexibility index (Phi) is 4.39. The summed E-state index contributed by atoms with van der Waals surface area (Å²) in [5.74, 6) is 1.82. The molecule has 0 unspecified atom stereocenters. The van der Waals surface area contributed by atoms with E-state index in [-0.39, 0.29) is 0 Å². The Labute approximate surface area is 111 Å². The Balaban J connectivity index is 1.75. The Hall–Kier alpha value is -2.50. The highest BCUT2D eigenvalue weighted by molar-refractivity contribution is 5.41. The summed E-state index contributed by atoms with van der Waals surface area (Å²) in [6.07, 6.45) is 1.63. The quantitative estimate of drug-likeness (QED) is 0.606. The number of hydrogen-bond acceptors (Lipinski definition) is 6. The lowest BCUT2D eigenvalue weighted by molar-refractivity contribution is 0.332. The summed E-state index contributed by atoms with van der Waals surface area (Å²) in [6, 6.07) is 8.95. The Bertz CT molecular complexity index is 516. The van der Waals surface area contributed by atoms with Crippen molar-refractivity contribution in [3.8, 4) is 11.6 Å². The lowest BCUT2D eigenvalue weighted by Crippen LogP contribution is -2.13. The molecule has 6 heteroatoms. The molecule has 0 fully saturated rings. The number of anilines is 2. The molecule has 0 bridgehead atoms. The predicted molar refractivity (Wildman–Crippen MR) is 73.4 cm³/mol. The number of nitrogens with zero attached hydrogens (tertiary/aromatic N) is 2. The molecule has 0 amide bonds. The molecule has 100 valence electrons. The summed E-state index contributed by atoms with van der Waals surface area (Å²) in [6.45, 7) is 1.10. The van der Waals surface area contributed by atoms with Crippen LogP contribution in [-0.4, -0.2) is 30.2 Å². The zero-order valence-electron chi connectivity index (χ0n) is 10.7. The molecule has 0 atom stereocenters. The van der Waals surface area contributed by atoms with Gasteiger partial charge in [-0.1, -0.05) is 0 Å². The van der Waals surface area contributed by atoms with Crippen molar-refractivity contribution in [3.63, 3.8) is 0 Å². The van der Waals surface area contributed by atoms with Crippen LogP contribution in [0.4, 0.5) is 11.6 Å². The van der Waals surface area contributed by atoms with E-state index in [0.29, 0.717) is 25.0 Å². The van der Waals surface area contributed by atoms with Gasteiger partial charge >= 0.3 is 0 Å². The molecule has 0 radical (unpaired) electrons. The van der Waals surface area contributed by atoms with Gasteiger partial charge in [0.15, 0.2) is 0 Å². The van der Waals surface area contributed by atoms with Crippen LogP contribution >= 0.6 is 0 Å². The molecule has 2 aromatic rings. The van der Waals surface area contributed by atoms with E-state index in [4.69, 9.17) is 15.2 Å². The van der Waals surface area contributed by atoms with Crippen molar-refractivity contribution >= 4 is 11.6 Å². The minimum absolute atomic E-state index is 0.504. The summed E-state index contributed by atoms with van der Waals surface area (Å²) in [5.41, 5.74) is 6.31. The lowest BCUT2D eigenvalue weighted by atomic mass is 10.3. The fourth-order valence-electron chi connectivity index (χ4n) is 1.44. The number of nitrogen functional groups attached to an aromatic ring is 1. The zero-order valence-corrected chi connectivity index (χ0v) is 10.7. The second-order valence-electron chi connectivity index (χ2n) is 3.77. The van der Waals surface area contributed by atoms with Crippen molar-refractivity contribution in [1.29, 1.82) is 0 Å². The molecule has 2 rings (SSSR count). The van der Waals surface area contributed by atoms with Crippen molar-refractivity contribution in [3.05, 3.63) is 36.5 Å². The molecule has 0 aliphatic carbocycles. The van der Waals surface area contributed by atoms with Gasteiger partial charge < -0.3 is 20.5 Å². The number of ether oxygens (including phenoxy) is 2. The molecular formula is C13H16N4O2. The maximum atomic E-state index is 5.59. The van der Waals surface area contributed by atoms with E-state index in [2.05, 4.69) is 15.3 Å². The van der Waals surface area contributed by atoms with Gasteiger partial charge in [0.2, 0.25) is 11.8 Å². The van der Waals surface area contributed by atoms with E-state index < -0.39 is 0 Å². The minimum Gasteiger partial charge on any atom is -0.492 e. The van der Waals surface area contributed by atoms with Gasteiger partial charge in [-0.2, -0.15) is 4.98 Å². The molecular weight excluding hydrogens is 244 g/mol. The number of hydrogen-bond donors (Lipinski definition) is 2. The SMILES string of the molecule is COc1ccnc(NCCOc2ccc(N)cc2)n1. The van der Waals surface area contributed by atoms with Crippen LogP contribution in [0, 0.1) is 0 Å². The number of aromatic nitrogens is 2. The molecule has 6 nitrogen and oxygen atoms in total. The van der Waals surface area contributed by atoms with Crippen molar-refractivity contribution in [1.82, 2.24) is 9.97 Å². The monoisotopic (exact) mass is 260 g/mol. The first-order valence-electron chi connectivity index (χ1n) is 5.87. The average molecular weight is 260 g/mol. The van der Waals surface area contributed by atoms with Crippen LogP contribution in [0.1, 0.15) is 0 Å². The summed E-state index contributed by atoms with van der Waals surface area (Å²) in [4.78, 5) is 8.20. The van der Waals surface area contributed by atoms with Gasteiger partial charge in [-0.25, -0.2) is 4.98 Å². The van der Waals surface area contributed by atoms with Crippen LogP contribution in [0.25, 0.3) is 0 Å².